The van der Waals surface area contributed by atoms with Gasteiger partial charge >= 0.3 is 5.69 Å². The second-order valence-corrected chi connectivity index (χ2v) is 15.1. The van der Waals surface area contributed by atoms with Crippen molar-refractivity contribution < 1.29 is 14.0 Å². The highest BCUT2D eigenvalue weighted by atomic mass is 19.1. The molecule has 13 heteroatoms. The molecule has 292 valence electrons. The van der Waals surface area contributed by atoms with Crippen molar-refractivity contribution in [2.24, 2.45) is 13.0 Å². The van der Waals surface area contributed by atoms with Crippen LogP contribution in [0.15, 0.2) is 81.1 Å². The molecule has 1 unspecified atom stereocenters. The van der Waals surface area contributed by atoms with Crippen LogP contribution in [0.1, 0.15) is 67.2 Å². The Kier molecular flexibility index (Phi) is 11.0. The summed E-state index contributed by atoms with van der Waals surface area (Å²) in [6.45, 7) is 5.78. The van der Waals surface area contributed by atoms with E-state index in [4.69, 9.17) is 0 Å². The lowest BCUT2D eigenvalue weighted by Gasteiger charge is -2.34. The van der Waals surface area contributed by atoms with E-state index in [-0.39, 0.29) is 45.8 Å². The lowest BCUT2D eigenvalue weighted by Crippen LogP contribution is -2.41. The first kappa shape index (κ1) is 38.3. The number of hydrogen-bond acceptors (Lipinski definition) is 8. The number of nitrogens with zero attached hydrogens (tertiary/aromatic N) is 4. The highest BCUT2D eigenvalue weighted by Gasteiger charge is 2.32. The maximum atomic E-state index is 15.1. The van der Waals surface area contributed by atoms with Gasteiger partial charge < -0.3 is 25.6 Å². The molecule has 1 atom stereocenters. The van der Waals surface area contributed by atoms with Crippen molar-refractivity contribution in [2.75, 3.05) is 42.2 Å². The van der Waals surface area contributed by atoms with E-state index in [1.54, 1.807) is 39.1 Å². The predicted octanol–water partition coefficient (Wildman–Crippen LogP) is 5.82. The van der Waals surface area contributed by atoms with E-state index in [9.17, 15) is 24.0 Å². The van der Waals surface area contributed by atoms with Gasteiger partial charge in [0.1, 0.15) is 23.3 Å². The number of rotatable bonds is 13. The number of hydrogen-bond donors (Lipinski definition) is 3. The molecule has 3 aromatic carbocycles. The van der Waals surface area contributed by atoms with Crippen molar-refractivity contribution in [3.05, 3.63) is 120 Å². The van der Waals surface area contributed by atoms with Crippen molar-refractivity contribution in [1.29, 1.82) is 0 Å². The van der Waals surface area contributed by atoms with Gasteiger partial charge in [0.2, 0.25) is 5.91 Å². The largest absolute Gasteiger partial charge is 0.385 e. The van der Waals surface area contributed by atoms with Crippen molar-refractivity contribution in [3.8, 4) is 5.69 Å². The summed E-state index contributed by atoms with van der Waals surface area (Å²) >= 11 is 0. The van der Waals surface area contributed by atoms with Crippen LogP contribution < -0.4 is 37.7 Å². The van der Waals surface area contributed by atoms with E-state index in [0.717, 1.165) is 54.7 Å². The number of carbonyl (C=O) groups is 2. The Morgan fingerprint density at radius 1 is 0.929 bits per heavy atom. The molecular formula is C43H48FN7O5. The highest BCUT2D eigenvalue weighted by Crippen LogP contribution is 2.35. The molecule has 1 saturated heterocycles. The van der Waals surface area contributed by atoms with Gasteiger partial charge in [-0.05, 0) is 105 Å². The number of halogens is 1. The van der Waals surface area contributed by atoms with Gasteiger partial charge in [-0.1, -0.05) is 24.3 Å². The fourth-order valence-electron chi connectivity index (χ4n) is 7.79. The number of carbonyl (C=O) groups excluding carboxylic acids is 2. The molecular weight excluding hydrogens is 714 g/mol. The van der Waals surface area contributed by atoms with Gasteiger partial charge in [-0.2, -0.15) is 0 Å². The molecule has 1 aliphatic carbocycles. The molecule has 0 bridgehead atoms. The normalized spacial score (nSPS) is 15.1. The maximum absolute atomic E-state index is 15.1. The number of aldehydes is 1. The van der Waals surface area contributed by atoms with Crippen molar-refractivity contribution in [3.63, 3.8) is 0 Å². The number of amides is 1. The lowest BCUT2D eigenvalue weighted by molar-refractivity contribution is -0.120. The van der Waals surface area contributed by atoms with E-state index >= 15 is 4.39 Å². The summed E-state index contributed by atoms with van der Waals surface area (Å²) in [5, 5.41) is 9.34. The predicted molar refractivity (Wildman–Crippen MR) is 218 cm³/mol. The first-order chi connectivity index (χ1) is 27.0. The quantitative estimate of drug-likeness (QED) is 0.128. The number of aromatic nitrogens is 3. The van der Waals surface area contributed by atoms with Crippen molar-refractivity contribution in [1.82, 2.24) is 19.0 Å². The SMILES string of the molecule is CNC(=O)CCC(C=O)c1cccc(N2CCC(CNc3cccc(-n4c(=O)n(C5CC5)c(=O)c5c(Nc6ccc(C)cc6F)n(C)c(=O)c(C)c54)c3)CC2)c1. The number of anilines is 4. The van der Waals surface area contributed by atoms with Gasteiger partial charge in [-0.15, -0.1) is 0 Å². The summed E-state index contributed by atoms with van der Waals surface area (Å²) in [4.78, 5) is 68.2. The fourth-order valence-corrected chi connectivity index (χ4v) is 7.79. The zero-order valence-corrected chi connectivity index (χ0v) is 32.2. The van der Waals surface area contributed by atoms with Gasteiger partial charge in [-0.3, -0.25) is 28.1 Å². The Bertz CT molecular complexity index is 2490. The molecule has 2 aromatic heterocycles. The standard InChI is InChI=1S/C43H48FN7O5/c1-26-11-15-36(35(44)21-26)47-40-38-39(27(2)41(54)48(40)4)50(43(56)51(42(38)55)32-13-14-32)34-10-6-8-31(23-34)46-24-28-17-19-49(20-18-28)33-9-5-7-29(22-33)30(25-52)12-16-37(53)45-3/h5-11,15,21-23,25,28,30,32,46-47H,12-14,16-20,24H2,1-4H3,(H,45,53). The third kappa shape index (κ3) is 7.62. The van der Waals surface area contributed by atoms with E-state index < -0.39 is 22.6 Å². The summed E-state index contributed by atoms with van der Waals surface area (Å²) in [7, 11) is 3.13. The molecule has 56 heavy (non-hydrogen) atoms. The Morgan fingerprint density at radius 2 is 1.66 bits per heavy atom. The van der Waals surface area contributed by atoms with Crippen LogP contribution in [0.2, 0.25) is 0 Å². The third-order valence-corrected chi connectivity index (χ3v) is 11.2. The van der Waals surface area contributed by atoms with E-state index in [0.29, 0.717) is 43.8 Å². The van der Waals surface area contributed by atoms with Gasteiger partial charge in [0.25, 0.3) is 11.1 Å². The number of benzene rings is 3. The molecule has 1 saturated carbocycles. The molecule has 2 fully saturated rings. The van der Waals surface area contributed by atoms with E-state index in [1.165, 1.54) is 26.8 Å². The molecule has 7 rings (SSSR count). The molecule has 5 aromatic rings. The topological polar surface area (TPSA) is 139 Å². The minimum Gasteiger partial charge on any atom is -0.385 e. The van der Waals surface area contributed by atoms with Crippen molar-refractivity contribution in [2.45, 2.75) is 64.3 Å². The monoisotopic (exact) mass is 761 g/mol. The van der Waals surface area contributed by atoms with Crippen LogP contribution in [-0.2, 0) is 16.6 Å². The summed E-state index contributed by atoms with van der Waals surface area (Å²) in [6, 6.07) is 19.9. The second-order valence-electron chi connectivity index (χ2n) is 15.1. The summed E-state index contributed by atoms with van der Waals surface area (Å²) in [5.41, 5.74) is 3.07. The molecule has 0 radical (unpaired) electrons. The minimum absolute atomic E-state index is 0.0841. The van der Waals surface area contributed by atoms with Gasteiger partial charge in [-0.25, -0.2) is 9.18 Å². The highest BCUT2D eigenvalue weighted by molar-refractivity contribution is 5.93. The average Bonchev–Trinajstić information content (AvgIpc) is 4.04. The van der Waals surface area contributed by atoms with Gasteiger partial charge in [0.15, 0.2) is 0 Å². The Labute approximate surface area is 324 Å². The lowest BCUT2D eigenvalue weighted by atomic mass is 9.93. The van der Waals surface area contributed by atoms with E-state index in [2.05, 4.69) is 33.0 Å². The molecule has 3 heterocycles. The third-order valence-electron chi connectivity index (χ3n) is 11.2. The molecule has 0 spiro atoms. The molecule has 12 nitrogen and oxygen atoms in total. The zero-order chi connectivity index (χ0) is 39.7. The first-order valence-corrected chi connectivity index (χ1v) is 19.3. The van der Waals surface area contributed by atoms with E-state index in [1.807, 2.05) is 30.3 Å². The van der Waals surface area contributed by atoms with Gasteiger partial charge in [0.05, 0.1) is 16.9 Å². The molecule has 1 amide bonds. The number of aryl methyl sites for hydroxylation is 2. The average molecular weight is 762 g/mol. The van der Waals surface area contributed by atoms with Crippen LogP contribution in [0.25, 0.3) is 16.6 Å². The summed E-state index contributed by atoms with van der Waals surface area (Å²) in [6.07, 6.45) is 4.93. The number of piperidine rings is 1. The van der Waals surface area contributed by atoms with Crippen LogP contribution in [0.3, 0.4) is 0 Å². The van der Waals surface area contributed by atoms with Crippen LogP contribution in [0, 0.1) is 25.6 Å². The smallest absolute Gasteiger partial charge is 0.336 e. The Morgan fingerprint density at radius 3 is 2.36 bits per heavy atom. The minimum atomic E-state index is -0.528. The van der Waals surface area contributed by atoms with Crippen LogP contribution >= 0.6 is 0 Å². The van der Waals surface area contributed by atoms with Gasteiger partial charge in [0, 0.05) is 69.0 Å². The second kappa shape index (κ2) is 16.0. The van der Waals surface area contributed by atoms with Crippen LogP contribution in [0.4, 0.5) is 27.3 Å². The first-order valence-electron chi connectivity index (χ1n) is 19.3. The Hall–Kier alpha value is -5.98. The van der Waals surface area contributed by atoms with Crippen LogP contribution in [0.5, 0.6) is 0 Å². The van der Waals surface area contributed by atoms with Crippen LogP contribution in [-0.4, -0.2) is 52.6 Å². The zero-order valence-electron chi connectivity index (χ0n) is 32.2. The fraction of sp³-hybridized carbons (Fsp3) is 0.372. The number of pyridine rings is 1. The van der Waals surface area contributed by atoms with Crippen molar-refractivity contribution >= 4 is 46.0 Å². The summed E-state index contributed by atoms with van der Waals surface area (Å²) < 4.78 is 19.1. The molecule has 1 aliphatic heterocycles. The Balaban J connectivity index is 1.13. The maximum Gasteiger partial charge on any atom is 0.336 e. The summed E-state index contributed by atoms with van der Waals surface area (Å²) in [5.74, 6) is -0.455. The molecule has 2 aliphatic rings. The number of nitrogens with one attached hydrogen (secondary N) is 3. The number of fused-ring (bicyclic) bond motifs is 1. The molecule has 3 N–H and O–H groups in total.